The molecule has 3 rings (SSSR count). The van der Waals surface area contributed by atoms with Gasteiger partial charge in [0.2, 0.25) is 5.95 Å². The van der Waals surface area contributed by atoms with Crippen LogP contribution in [0.3, 0.4) is 0 Å². The van der Waals surface area contributed by atoms with Gasteiger partial charge in [-0.25, -0.2) is 18.7 Å². The van der Waals surface area contributed by atoms with Crippen LogP contribution >= 0.6 is 0 Å². The minimum atomic E-state index is -1.05. The average molecular weight is 386 g/mol. The Hall–Kier alpha value is -3.75. The normalized spacial score (nSPS) is 10.3. The Morgan fingerprint density at radius 1 is 0.964 bits per heavy atom. The third-order valence-electron chi connectivity index (χ3n) is 3.75. The molecule has 9 heteroatoms. The largest absolute Gasteiger partial charge is 0.497 e. The summed E-state index contributed by atoms with van der Waals surface area (Å²) >= 11 is 0. The van der Waals surface area contributed by atoms with Crippen LogP contribution in [0.15, 0.2) is 48.8 Å². The number of hydrogen-bond donors (Lipinski definition) is 2. The number of hydrogen-bond acceptors (Lipinski definition) is 6. The van der Waals surface area contributed by atoms with Crippen LogP contribution in [0.2, 0.25) is 0 Å². The molecule has 0 spiro atoms. The number of carbonyl (C=O) groups is 1. The van der Waals surface area contributed by atoms with E-state index in [0.29, 0.717) is 17.2 Å². The highest BCUT2D eigenvalue weighted by atomic mass is 19.2. The maximum Gasteiger partial charge on any atom is 0.258 e. The Morgan fingerprint density at radius 2 is 1.71 bits per heavy atom. The molecule has 7 nitrogen and oxygen atoms in total. The van der Waals surface area contributed by atoms with Gasteiger partial charge in [-0.1, -0.05) is 0 Å². The molecule has 0 bridgehead atoms. The van der Waals surface area contributed by atoms with Gasteiger partial charge >= 0.3 is 0 Å². The number of carbonyl (C=O) groups excluding carboxylic acids is 1. The summed E-state index contributed by atoms with van der Waals surface area (Å²) in [6, 6.07) is 8.25. The van der Waals surface area contributed by atoms with Crippen LogP contribution in [-0.4, -0.2) is 30.1 Å². The molecule has 2 N–H and O–H groups in total. The molecule has 1 heterocycles. The zero-order valence-corrected chi connectivity index (χ0v) is 15.0. The van der Waals surface area contributed by atoms with E-state index < -0.39 is 17.5 Å². The van der Waals surface area contributed by atoms with E-state index in [1.54, 1.807) is 25.3 Å². The van der Waals surface area contributed by atoms with E-state index >= 15 is 0 Å². The molecule has 0 aliphatic rings. The number of rotatable bonds is 6. The highest BCUT2D eigenvalue weighted by Crippen LogP contribution is 2.30. The van der Waals surface area contributed by atoms with Crippen molar-refractivity contribution in [3.63, 3.8) is 0 Å². The first-order valence-electron chi connectivity index (χ1n) is 8.07. The van der Waals surface area contributed by atoms with Crippen LogP contribution in [0, 0.1) is 11.6 Å². The van der Waals surface area contributed by atoms with Crippen LogP contribution in [0.25, 0.3) is 0 Å². The van der Waals surface area contributed by atoms with Crippen LogP contribution in [0.5, 0.6) is 11.5 Å². The van der Waals surface area contributed by atoms with E-state index in [9.17, 15) is 13.6 Å². The van der Waals surface area contributed by atoms with Crippen molar-refractivity contribution in [2.75, 3.05) is 24.9 Å². The number of ether oxygens (including phenoxy) is 2. The Kier molecular flexibility index (Phi) is 5.64. The molecule has 144 valence electrons. The number of nitrogens with one attached hydrogen (secondary N) is 2. The lowest BCUT2D eigenvalue weighted by molar-refractivity contribution is 0.102. The van der Waals surface area contributed by atoms with Crippen LogP contribution in [0.4, 0.5) is 26.1 Å². The fourth-order valence-electron chi connectivity index (χ4n) is 2.31. The highest BCUT2D eigenvalue weighted by Gasteiger charge is 2.11. The van der Waals surface area contributed by atoms with Gasteiger partial charge in [0.1, 0.15) is 11.5 Å². The van der Waals surface area contributed by atoms with E-state index in [-0.39, 0.29) is 17.2 Å². The van der Waals surface area contributed by atoms with Gasteiger partial charge in [-0.2, -0.15) is 0 Å². The fraction of sp³-hybridized carbons (Fsp3) is 0.105. The maximum atomic E-state index is 13.2. The van der Waals surface area contributed by atoms with Crippen LogP contribution in [0.1, 0.15) is 10.4 Å². The first kappa shape index (κ1) is 19.0. The van der Waals surface area contributed by atoms with Crippen LogP contribution < -0.4 is 20.1 Å². The molecule has 1 amide bonds. The highest BCUT2D eigenvalue weighted by molar-refractivity contribution is 6.03. The smallest absolute Gasteiger partial charge is 0.258 e. The maximum absolute atomic E-state index is 13.2. The van der Waals surface area contributed by atoms with Gasteiger partial charge < -0.3 is 20.1 Å². The average Bonchev–Trinajstić information content (AvgIpc) is 2.71. The number of methoxy groups -OCH3 is 2. The Morgan fingerprint density at radius 3 is 2.36 bits per heavy atom. The van der Waals surface area contributed by atoms with E-state index in [1.165, 1.54) is 25.6 Å². The second-order valence-corrected chi connectivity index (χ2v) is 5.57. The molecule has 0 unspecified atom stereocenters. The third-order valence-corrected chi connectivity index (χ3v) is 3.75. The van der Waals surface area contributed by atoms with Gasteiger partial charge in [0.25, 0.3) is 5.91 Å². The number of aromatic nitrogens is 2. The molecule has 3 aromatic rings. The predicted octanol–water partition coefficient (Wildman–Crippen LogP) is 3.77. The summed E-state index contributed by atoms with van der Waals surface area (Å²) in [5.74, 6) is -1.20. The first-order chi connectivity index (χ1) is 13.5. The number of benzene rings is 2. The van der Waals surface area contributed by atoms with E-state index in [0.717, 1.165) is 12.1 Å². The second-order valence-electron chi connectivity index (χ2n) is 5.57. The topological polar surface area (TPSA) is 85.4 Å². The zero-order valence-electron chi connectivity index (χ0n) is 15.0. The lowest BCUT2D eigenvalue weighted by Crippen LogP contribution is -2.13. The van der Waals surface area contributed by atoms with Crippen LogP contribution in [-0.2, 0) is 0 Å². The summed E-state index contributed by atoms with van der Waals surface area (Å²) in [5.41, 5.74) is 0.883. The molecule has 0 atom stereocenters. The van der Waals surface area contributed by atoms with E-state index in [1.807, 2.05) is 0 Å². The van der Waals surface area contributed by atoms with Gasteiger partial charge in [0.05, 0.1) is 25.5 Å². The van der Waals surface area contributed by atoms with Gasteiger partial charge in [0, 0.05) is 30.2 Å². The Bertz CT molecular complexity index is 997. The summed E-state index contributed by atoms with van der Waals surface area (Å²) in [7, 11) is 3.07. The number of nitrogens with zero attached hydrogens (tertiary/aromatic N) is 2. The number of amides is 1. The van der Waals surface area contributed by atoms with Gasteiger partial charge in [0.15, 0.2) is 11.6 Å². The molecule has 2 aromatic carbocycles. The number of anilines is 3. The molecule has 28 heavy (non-hydrogen) atoms. The number of halogens is 2. The summed E-state index contributed by atoms with van der Waals surface area (Å²) < 4.78 is 36.6. The molecular weight excluding hydrogens is 370 g/mol. The summed E-state index contributed by atoms with van der Waals surface area (Å²) in [6.07, 6.45) is 2.61. The minimum absolute atomic E-state index is 0.120. The summed E-state index contributed by atoms with van der Waals surface area (Å²) in [5, 5.41) is 5.42. The van der Waals surface area contributed by atoms with Crippen molar-refractivity contribution in [1.29, 1.82) is 0 Å². The molecule has 0 radical (unpaired) electrons. The van der Waals surface area contributed by atoms with Crippen molar-refractivity contribution in [3.05, 3.63) is 66.0 Å². The fourth-order valence-corrected chi connectivity index (χ4v) is 2.31. The molecule has 0 aliphatic carbocycles. The Labute approximate surface area is 159 Å². The SMILES string of the molecule is COc1ccc(Nc2ncc(C(=O)Nc3ccc(F)c(F)c3)cn2)c(OC)c1. The van der Waals surface area contributed by atoms with Crippen molar-refractivity contribution in [2.24, 2.45) is 0 Å². The lowest BCUT2D eigenvalue weighted by atomic mass is 10.2. The molecule has 0 fully saturated rings. The van der Waals surface area contributed by atoms with Crippen molar-refractivity contribution in [3.8, 4) is 11.5 Å². The summed E-state index contributed by atoms with van der Waals surface area (Å²) in [6.45, 7) is 0. The van der Waals surface area contributed by atoms with Crippen molar-refractivity contribution in [1.82, 2.24) is 9.97 Å². The van der Waals surface area contributed by atoms with Crippen molar-refractivity contribution >= 4 is 23.2 Å². The third kappa shape index (κ3) is 4.32. The van der Waals surface area contributed by atoms with Gasteiger partial charge in [-0.15, -0.1) is 0 Å². The Balaban J connectivity index is 1.71. The molecular formula is C19H16F2N4O3. The molecule has 1 aromatic heterocycles. The molecule has 0 saturated carbocycles. The summed E-state index contributed by atoms with van der Waals surface area (Å²) in [4.78, 5) is 20.4. The lowest BCUT2D eigenvalue weighted by Gasteiger charge is -2.11. The van der Waals surface area contributed by atoms with Gasteiger partial charge in [-0.05, 0) is 24.3 Å². The monoisotopic (exact) mass is 386 g/mol. The van der Waals surface area contributed by atoms with Crippen molar-refractivity contribution in [2.45, 2.75) is 0 Å². The first-order valence-corrected chi connectivity index (χ1v) is 8.07. The quantitative estimate of drug-likeness (QED) is 0.671. The van der Waals surface area contributed by atoms with E-state index in [2.05, 4.69) is 20.6 Å². The van der Waals surface area contributed by atoms with Crippen molar-refractivity contribution < 1.29 is 23.0 Å². The standard InChI is InChI=1S/C19H16F2N4O3/c1-27-13-4-6-16(17(8-13)28-2)25-19-22-9-11(10-23-19)18(26)24-12-3-5-14(20)15(21)7-12/h3-10H,1-2H3,(H,24,26)(H,22,23,25). The van der Waals surface area contributed by atoms with E-state index in [4.69, 9.17) is 9.47 Å². The van der Waals surface area contributed by atoms with Gasteiger partial charge in [-0.3, -0.25) is 4.79 Å². The zero-order chi connectivity index (χ0) is 20.1. The molecule has 0 saturated heterocycles. The second kappa shape index (κ2) is 8.30. The minimum Gasteiger partial charge on any atom is -0.497 e. The predicted molar refractivity (Wildman–Crippen MR) is 99.2 cm³/mol. The molecule has 0 aliphatic heterocycles.